The van der Waals surface area contributed by atoms with Crippen molar-refractivity contribution in [2.45, 2.75) is 63.5 Å². The van der Waals surface area contributed by atoms with Gasteiger partial charge in [-0.1, -0.05) is 13.0 Å². The van der Waals surface area contributed by atoms with Gasteiger partial charge in [-0.3, -0.25) is 4.79 Å². The molecular weight excluding hydrogens is 382 g/mol. The maximum Gasteiger partial charge on any atom is 0.324 e. The van der Waals surface area contributed by atoms with E-state index in [4.69, 9.17) is 9.47 Å². The lowest BCUT2D eigenvalue weighted by Crippen LogP contribution is -2.41. The summed E-state index contributed by atoms with van der Waals surface area (Å²) in [7, 11) is -2.67. The van der Waals surface area contributed by atoms with Crippen molar-refractivity contribution in [2.75, 3.05) is 13.7 Å². The molecule has 2 rings (SSSR count). The van der Waals surface area contributed by atoms with Gasteiger partial charge in [0.15, 0.2) is 0 Å². The summed E-state index contributed by atoms with van der Waals surface area (Å²) < 4.78 is 38.5. The highest BCUT2D eigenvalue weighted by atomic mass is 32.2. The van der Waals surface area contributed by atoms with Crippen LogP contribution in [0, 0.1) is 12.8 Å². The number of carbonyl (C=O) groups excluding carboxylic acids is 2. The lowest BCUT2D eigenvalue weighted by molar-refractivity contribution is -0.144. The number of benzene rings is 1. The normalized spacial score (nSPS) is 19.8. The summed E-state index contributed by atoms with van der Waals surface area (Å²) in [6.45, 7) is 5.93. The molecule has 156 valence electrons. The Morgan fingerprint density at radius 3 is 2.71 bits per heavy atom. The second-order valence-corrected chi connectivity index (χ2v) is 9.28. The molecule has 28 heavy (non-hydrogen) atoms. The summed E-state index contributed by atoms with van der Waals surface area (Å²) in [6.07, 6.45) is 2.71. The molecule has 0 aliphatic carbocycles. The molecule has 0 aromatic heterocycles. The first-order chi connectivity index (χ1) is 13.2. The highest BCUT2D eigenvalue weighted by Gasteiger charge is 2.41. The molecule has 0 spiro atoms. The van der Waals surface area contributed by atoms with E-state index in [0.717, 1.165) is 11.8 Å². The van der Waals surface area contributed by atoms with Crippen molar-refractivity contribution in [1.29, 1.82) is 0 Å². The number of carbonyl (C=O) groups is 2. The minimum Gasteiger partial charge on any atom is -0.489 e. The summed E-state index contributed by atoms with van der Waals surface area (Å²) >= 11 is 0. The standard InChI is InChI=1S/C20H29NO6S/c1-14-7-8-19(18(13-14)27-16(3)12-15(2)9-11-22)28(24,25)21-10-5-6-17(21)20(23)26-4/h7-8,11,13,15-17H,5-6,9-10,12H2,1-4H3/t15-,16-,17+/m1/s1. The second-order valence-electron chi connectivity index (χ2n) is 7.42. The number of hydrogen-bond donors (Lipinski definition) is 0. The number of sulfonamides is 1. The number of rotatable bonds is 9. The third-order valence-electron chi connectivity index (χ3n) is 4.92. The molecule has 8 heteroatoms. The molecule has 0 unspecified atom stereocenters. The van der Waals surface area contributed by atoms with E-state index in [1.54, 1.807) is 12.1 Å². The van der Waals surface area contributed by atoms with Crippen LogP contribution >= 0.6 is 0 Å². The maximum absolute atomic E-state index is 13.3. The highest BCUT2D eigenvalue weighted by molar-refractivity contribution is 7.89. The Morgan fingerprint density at radius 2 is 2.07 bits per heavy atom. The van der Waals surface area contributed by atoms with Gasteiger partial charge < -0.3 is 14.3 Å². The Labute approximate surface area is 167 Å². The van der Waals surface area contributed by atoms with Gasteiger partial charge in [-0.15, -0.1) is 0 Å². The van der Waals surface area contributed by atoms with Crippen LogP contribution in [0.15, 0.2) is 23.1 Å². The average molecular weight is 412 g/mol. The number of methoxy groups -OCH3 is 1. The number of nitrogens with zero attached hydrogens (tertiary/aromatic N) is 1. The molecule has 1 aliphatic rings. The largest absolute Gasteiger partial charge is 0.489 e. The minimum atomic E-state index is -3.92. The first-order valence-corrected chi connectivity index (χ1v) is 10.9. The number of aryl methyl sites for hydroxylation is 1. The topological polar surface area (TPSA) is 90.0 Å². The van der Waals surface area contributed by atoms with Crippen molar-refractivity contribution in [3.8, 4) is 5.75 Å². The summed E-state index contributed by atoms with van der Waals surface area (Å²) in [5.74, 6) is -0.146. The number of esters is 1. The van der Waals surface area contributed by atoms with Gasteiger partial charge in [-0.05, 0) is 56.7 Å². The average Bonchev–Trinajstić information content (AvgIpc) is 3.11. The van der Waals surface area contributed by atoms with Crippen LogP contribution in [0.2, 0.25) is 0 Å². The fraction of sp³-hybridized carbons (Fsp3) is 0.600. The predicted octanol–water partition coefficient (Wildman–Crippen LogP) is 2.70. The first-order valence-electron chi connectivity index (χ1n) is 9.51. The van der Waals surface area contributed by atoms with Crippen molar-refractivity contribution < 1.29 is 27.5 Å². The maximum atomic E-state index is 13.3. The Kier molecular flexibility index (Phi) is 7.60. The van der Waals surface area contributed by atoms with Crippen LogP contribution in [0.4, 0.5) is 0 Å². The Hall–Kier alpha value is -1.93. The molecule has 3 atom stereocenters. The molecule has 1 heterocycles. The van der Waals surface area contributed by atoms with Crippen molar-refractivity contribution in [3.63, 3.8) is 0 Å². The lowest BCUT2D eigenvalue weighted by atomic mass is 10.0. The molecule has 7 nitrogen and oxygen atoms in total. The Morgan fingerprint density at radius 1 is 1.36 bits per heavy atom. The third kappa shape index (κ3) is 5.11. The van der Waals surface area contributed by atoms with Crippen LogP contribution in [0.5, 0.6) is 5.75 Å². The van der Waals surface area contributed by atoms with Crippen molar-refractivity contribution in [2.24, 2.45) is 5.92 Å². The molecule has 0 N–H and O–H groups in total. The minimum absolute atomic E-state index is 0.0452. The molecule has 1 saturated heterocycles. The molecule has 0 saturated carbocycles. The zero-order chi connectivity index (χ0) is 20.9. The monoisotopic (exact) mass is 411 g/mol. The van der Waals surface area contributed by atoms with Crippen LogP contribution in [0.3, 0.4) is 0 Å². The van der Waals surface area contributed by atoms with E-state index in [9.17, 15) is 18.0 Å². The van der Waals surface area contributed by atoms with Gasteiger partial charge in [0, 0.05) is 13.0 Å². The molecular formula is C20H29NO6S. The molecule has 1 aliphatic heterocycles. The second kappa shape index (κ2) is 9.52. The quantitative estimate of drug-likeness (QED) is 0.458. The van der Waals surface area contributed by atoms with Gasteiger partial charge in [-0.2, -0.15) is 4.31 Å². The fourth-order valence-electron chi connectivity index (χ4n) is 3.54. The van der Waals surface area contributed by atoms with E-state index < -0.39 is 22.0 Å². The summed E-state index contributed by atoms with van der Waals surface area (Å²) in [4.78, 5) is 22.7. The molecule has 1 aromatic rings. The summed E-state index contributed by atoms with van der Waals surface area (Å²) in [5, 5.41) is 0. The highest BCUT2D eigenvalue weighted by Crippen LogP contribution is 2.33. The van der Waals surface area contributed by atoms with E-state index in [1.165, 1.54) is 17.5 Å². The molecule has 0 bridgehead atoms. The van der Waals surface area contributed by atoms with E-state index in [-0.39, 0.29) is 29.2 Å². The van der Waals surface area contributed by atoms with E-state index in [2.05, 4.69) is 0 Å². The Balaban J connectivity index is 2.32. The van der Waals surface area contributed by atoms with Crippen LogP contribution in [-0.4, -0.2) is 50.8 Å². The van der Waals surface area contributed by atoms with Gasteiger partial charge in [0.2, 0.25) is 10.0 Å². The number of hydrogen-bond acceptors (Lipinski definition) is 6. The van der Waals surface area contributed by atoms with E-state index in [1.807, 2.05) is 20.8 Å². The van der Waals surface area contributed by atoms with Gasteiger partial charge in [0.25, 0.3) is 0 Å². The molecule has 0 amide bonds. The number of aldehydes is 1. The molecule has 1 fully saturated rings. The fourth-order valence-corrected chi connectivity index (χ4v) is 5.29. The van der Waals surface area contributed by atoms with Crippen LogP contribution < -0.4 is 4.74 Å². The van der Waals surface area contributed by atoms with Gasteiger partial charge >= 0.3 is 5.97 Å². The molecule has 0 radical (unpaired) electrons. The predicted molar refractivity (Wildman–Crippen MR) is 105 cm³/mol. The van der Waals surface area contributed by atoms with E-state index in [0.29, 0.717) is 25.7 Å². The molecule has 1 aromatic carbocycles. The van der Waals surface area contributed by atoms with Crippen molar-refractivity contribution >= 4 is 22.3 Å². The third-order valence-corrected chi connectivity index (χ3v) is 6.87. The summed E-state index contributed by atoms with van der Waals surface area (Å²) in [6, 6.07) is 4.11. The zero-order valence-electron chi connectivity index (χ0n) is 16.9. The Bertz CT molecular complexity index is 807. The van der Waals surface area contributed by atoms with Gasteiger partial charge in [-0.25, -0.2) is 8.42 Å². The SMILES string of the molecule is COC(=O)[C@@H]1CCCN1S(=O)(=O)c1ccc(C)cc1O[C@H](C)C[C@H](C)CC=O. The smallest absolute Gasteiger partial charge is 0.324 e. The van der Waals surface area contributed by atoms with Crippen LogP contribution in [-0.2, 0) is 24.3 Å². The van der Waals surface area contributed by atoms with Crippen LogP contribution in [0.25, 0.3) is 0 Å². The van der Waals surface area contributed by atoms with Gasteiger partial charge in [0.05, 0.1) is 13.2 Å². The summed E-state index contributed by atoms with van der Waals surface area (Å²) in [5.41, 5.74) is 0.869. The lowest BCUT2D eigenvalue weighted by Gasteiger charge is -2.25. The first kappa shape index (κ1) is 22.4. The van der Waals surface area contributed by atoms with E-state index >= 15 is 0 Å². The van der Waals surface area contributed by atoms with Crippen molar-refractivity contribution in [3.05, 3.63) is 23.8 Å². The van der Waals surface area contributed by atoms with Crippen LogP contribution in [0.1, 0.15) is 45.1 Å². The number of ether oxygens (including phenoxy) is 2. The zero-order valence-corrected chi connectivity index (χ0v) is 17.7. The van der Waals surface area contributed by atoms with Crippen molar-refractivity contribution in [1.82, 2.24) is 4.31 Å². The van der Waals surface area contributed by atoms with Gasteiger partial charge in [0.1, 0.15) is 23.0 Å².